The van der Waals surface area contributed by atoms with E-state index in [4.69, 9.17) is 11.0 Å². The van der Waals surface area contributed by atoms with E-state index in [-0.39, 0.29) is 5.91 Å². The molecule has 1 aromatic carbocycles. The molecule has 0 aliphatic rings. The number of fused-ring (bicyclic) bond motifs is 1. The lowest BCUT2D eigenvalue weighted by atomic mass is 9.95. The molecular formula is C16H20N4O. The third-order valence-electron chi connectivity index (χ3n) is 3.46. The Hall–Kier alpha value is -2.32. The van der Waals surface area contributed by atoms with Crippen LogP contribution < -0.4 is 11.1 Å². The van der Waals surface area contributed by atoms with Crippen molar-refractivity contribution in [3.8, 4) is 6.07 Å². The number of hydrogen-bond donors (Lipinski definition) is 3. The predicted octanol–water partition coefficient (Wildman–Crippen LogP) is 1.70. The molecule has 1 atom stereocenters. The summed E-state index contributed by atoms with van der Waals surface area (Å²) in [6.45, 7) is 3.85. The monoisotopic (exact) mass is 284 g/mol. The number of hydrogen-bond acceptors (Lipinski definition) is 3. The van der Waals surface area contributed by atoms with Crippen LogP contribution in [-0.2, 0) is 11.2 Å². The van der Waals surface area contributed by atoms with Crippen LogP contribution in [0.3, 0.4) is 0 Å². The highest BCUT2D eigenvalue weighted by Gasteiger charge is 2.21. The van der Waals surface area contributed by atoms with Gasteiger partial charge in [0.2, 0.25) is 5.91 Å². The van der Waals surface area contributed by atoms with E-state index in [1.54, 1.807) is 13.8 Å². The van der Waals surface area contributed by atoms with Gasteiger partial charge < -0.3 is 16.0 Å². The summed E-state index contributed by atoms with van der Waals surface area (Å²) < 4.78 is 0. The second-order valence-corrected chi connectivity index (χ2v) is 5.88. The fourth-order valence-corrected chi connectivity index (χ4v) is 2.11. The number of H-pyrrole nitrogens is 1. The van der Waals surface area contributed by atoms with Gasteiger partial charge in [-0.25, -0.2) is 0 Å². The van der Waals surface area contributed by atoms with E-state index < -0.39 is 11.5 Å². The van der Waals surface area contributed by atoms with Crippen molar-refractivity contribution in [2.24, 2.45) is 11.1 Å². The Bertz CT molecular complexity index is 681. The fourth-order valence-electron chi connectivity index (χ4n) is 2.11. The highest BCUT2D eigenvalue weighted by atomic mass is 16.2. The van der Waals surface area contributed by atoms with Gasteiger partial charge in [-0.1, -0.05) is 18.2 Å². The smallest absolute Gasteiger partial charge is 0.237 e. The number of nitrogens with two attached hydrogens (primary N) is 1. The number of para-hydroxylation sites is 1. The average Bonchev–Trinajstić information content (AvgIpc) is 2.88. The Kier molecular flexibility index (Phi) is 4.29. The van der Waals surface area contributed by atoms with Crippen LogP contribution in [0, 0.1) is 16.7 Å². The molecule has 0 radical (unpaired) electrons. The summed E-state index contributed by atoms with van der Waals surface area (Å²) in [5.74, 6) is -0.233. The van der Waals surface area contributed by atoms with Crippen LogP contribution in [0.4, 0.5) is 0 Å². The van der Waals surface area contributed by atoms with Crippen LogP contribution >= 0.6 is 0 Å². The maximum Gasteiger partial charge on any atom is 0.237 e. The number of rotatable bonds is 5. The van der Waals surface area contributed by atoms with E-state index in [1.807, 2.05) is 30.5 Å². The van der Waals surface area contributed by atoms with Crippen molar-refractivity contribution >= 4 is 16.8 Å². The molecule has 5 nitrogen and oxygen atoms in total. The fraction of sp³-hybridized carbons (Fsp3) is 0.375. The lowest BCUT2D eigenvalue weighted by Crippen LogP contribution is -2.44. The van der Waals surface area contributed by atoms with E-state index in [1.165, 1.54) is 0 Å². The van der Waals surface area contributed by atoms with Crippen LogP contribution in [0.2, 0.25) is 0 Å². The number of benzene rings is 1. The molecule has 4 N–H and O–H groups in total. The Morgan fingerprint density at radius 1 is 1.48 bits per heavy atom. The number of carbonyl (C=O) groups excluding carboxylic acids is 1. The van der Waals surface area contributed by atoms with Crippen molar-refractivity contribution in [1.29, 1.82) is 5.26 Å². The molecule has 0 saturated heterocycles. The number of nitrogens with zero attached hydrogens (tertiary/aromatic N) is 1. The molecule has 21 heavy (non-hydrogen) atoms. The predicted molar refractivity (Wildman–Crippen MR) is 82.4 cm³/mol. The normalized spacial score (nSPS) is 12.9. The minimum Gasteiger partial charge on any atom is -0.361 e. The lowest BCUT2D eigenvalue weighted by molar-refractivity contribution is -0.122. The number of aromatic nitrogens is 1. The summed E-state index contributed by atoms with van der Waals surface area (Å²) in [5, 5.41) is 12.8. The summed E-state index contributed by atoms with van der Waals surface area (Å²) in [6.07, 6.45) is 2.35. The zero-order valence-corrected chi connectivity index (χ0v) is 12.3. The van der Waals surface area contributed by atoms with Gasteiger partial charge in [-0.15, -0.1) is 0 Å². The van der Waals surface area contributed by atoms with E-state index in [9.17, 15) is 4.79 Å². The summed E-state index contributed by atoms with van der Waals surface area (Å²) in [4.78, 5) is 15.2. The van der Waals surface area contributed by atoms with Crippen molar-refractivity contribution in [3.05, 3.63) is 36.0 Å². The molecule has 0 fully saturated rings. The largest absolute Gasteiger partial charge is 0.361 e. The van der Waals surface area contributed by atoms with Gasteiger partial charge in [0.1, 0.15) is 0 Å². The molecule has 1 heterocycles. The SMILES string of the molecule is CC(C)(C#N)CNC(=O)[C@H](N)Cc1c[nH]c2ccccc12. The minimum atomic E-state index is -0.626. The first kappa shape index (κ1) is 15.1. The van der Waals surface area contributed by atoms with Crippen LogP contribution in [0.15, 0.2) is 30.5 Å². The van der Waals surface area contributed by atoms with Gasteiger partial charge in [-0.05, 0) is 31.9 Å². The summed E-state index contributed by atoms with van der Waals surface area (Å²) in [6, 6.07) is 9.43. The zero-order chi connectivity index (χ0) is 15.5. The van der Waals surface area contributed by atoms with Gasteiger partial charge >= 0.3 is 0 Å². The highest BCUT2D eigenvalue weighted by Crippen LogP contribution is 2.18. The van der Waals surface area contributed by atoms with E-state index in [0.29, 0.717) is 13.0 Å². The Labute approximate surface area is 124 Å². The maximum absolute atomic E-state index is 12.0. The van der Waals surface area contributed by atoms with Crippen LogP contribution in [0.25, 0.3) is 10.9 Å². The molecular weight excluding hydrogens is 264 g/mol. The Morgan fingerprint density at radius 2 is 2.19 bits per heavy atom. The van der Waals surface area contributed by atoms with Gasteiger partial charge in [0.15, 0.2) is 0 Å². The van der Waals surface area contributed by atoms with Crippen LogP contribution in [0.5, 0.6) is 0 Å². The van der Waals surface area contributed by atoms with E-state index in [2.05, 4.69) is 16.4 Å². The van der Waals surface area contributed by atoms with E-state index >= 15 is 0 Å². The van der Waals surface area contributed by atoms with Crippen LogP contribution in [0.1, 0.15) is 19.4 Å². The molecule has 0 bridgehead atoms. The van der Waals surface area contributed by atoms with Crippen molar-refractivity contribution in [2.45, 2.75) is 26.3 Å². The van der Waals surface area contributed by atoms with Crippen molar-refractivity contribution in [3.63, 3.8) is 0 Å². The number of nitriles is 1. The van der Waals surface area contributed by atoms with Gasteiger partial charge in [-0.2, -0.15) is 5.26 Å². The maximum atomic E-state index is 12.0. The van der Waals surface area contributed by atoms with Crippen LogP contribution in [-0.4, -0.2) is 23.5 Å². The molecule has 2 rings (SSSR count). The molecule has 0 saturated carbocycles. The molecule has 1 amide bonds. The topological polar surface area (TPSA) is 94.7 Å². The summed E-state index contributed by atoms with van der Waals surface area (Å²) in [7, 11) is 0. The summed E-state index contributed by atoms with van der Waals surface area (Å²) in [5.41, 5.74) is 7.43. The third-order valence-corrected chi connectivity index (χ3v) is 3.46. The lowest BCUT2D eigenvalue weighted by Gasteiger charge is -2.18. The summed E-state index contributed by atoms with van der Waals surface area (Å²) >= 11 is 0. The second-order valence-electron chi connectivity index (χ2n) is 5.88. The molecule has 2 aromatic rings. The quantitative estimate of drug-likeness (QED) is 0.780. The van der Waals surface area contributed by atoms with Crippen molar-refractivity contribution in [2.75, 3.05) is 6.54 Å². The molecule has 1 aromatic heterocycles. The first-order valence-electron chi connectivity index (χ1n) is 6.92. The molecule has 110 valence electrons. The van der Waals surface area contributed by atoms with Gasteiger partial charge in [0.05, 0.1) is 17.5 Å². The number of carbonyl (C=O) groups is 1. The molecule has 5 heteroatoms. The average molecular weight is 284 g/mol. The number of aromatic amines is 1. The molecule has 0 aliphatic heterocycles. The van der Waals surface area contributed by atoms with Gasteiger partial charge in [0, 0.05) is 23.6 Å². The third kappa shape index (κ3) is 3.61. The first-order valence-corrected chi connectivity index (χ1v) is 6.92. The zero-order valence-electron chi connectivity index (χ0n) is 12.3. The van der Waals surface area contributed by atoms with Gasteiger partial charge in [0.25, 0.3) is 0 Å². The van der Waals surface area contributed by atoms with E-state index in [0.717, 1.165) is 16.5 Å². The Morgan fingerprint density at radius 3 is 2.90 bits per heavy atom. The Balaban J connectivity index is 2.00. The molecule has 0 unspecified atom stereocenters. The van der Waals surface area contributed by atoms with Crippen molar-refractivity contribution < 1.29 is 4.79 Å². The molecule has 0 aliphatic carbocycles. The minimum absolute atomic E-state index is 0.233. The number of nitrogens with one attached hydrogen (secondary N) is 2. The molecule has 0 spiro atoms. The second kappa shape index (κ2) is 5.98. The van der Waals surface area contributed by atoms with Crippen molar-refractivity contribution in [1.82, 2.24) is 10.3 Å². The standard InChI is InChI=1S/C16H20N4O/c1-16(2,9-17)10-20-15(21)13(18)7-11-8-19-14-6-4-3-5-12(11)14/h3-6,8,13,19H,7,10,18H2,1-2H3,(H,20,21)/t13-/m1/s1. The van der Waals surface area contributed by atoms with Gasteiger partial charge in [-0.3, -0.25) is 4.79 Å². The highest BCUT2D eigenvalue weighted by molar-refractivity contribution is 5.86. The first-order chi connectivity index (χ1) is 9.93. The number of amides is 1.